The van der Waals surface area contributed by atoms with Crippen LogP contribution in [0.2, 0.25) is 0 Å². The normalized spacial score (nSPS) is 13.0. The molecule has 1 amide bonds. The summed E-state index contributed by atoms with van der Waals surface area (Å²) < 4.78 is 22.4. The molecular weight excluding hydrogens is 286 g/mol. The topological polar surface area (TPSA) is 63.2 Å². The second kappa shape index (κ2) is 6.91. The number of carbonyl (C=O) groups is 1. The zero-order valence-corrected chi connectivity index (χ0v) is 12.6. The first-order valence-electron chi connectivity index (χ1n) is 6.20. The zero-order chi connectivity index (χ0) is 14.5. The molecule has 106 valence electrons. The fourth-order valence-electron chi connectivity index (χ4n) is 1.68. The van der Waals surface area contributed by atoms with Crippen LogP contribution in [0, 0.1) is 0 Å². The number of hydrogen-bond donors (Lipinski definition) is 1. The van der Waals surface area contributed by atoms with Gasteiger partial charge in [-0.15, -0.1) is 0 Å². The molecule has 1 rings (SSSR count). The van der Waals surface area contributed by atoms with E-state index in [1.807, 2.05) is 6.92 Å². The van der Waals surface area contributed by atoms with Crippen LogP contribution in [0.3, 0.4) is 0 Å². The standard InChI is InChI=1S/C13H18ClNO3S/c1-3-4-6-10(2)15-13(16)11-7-5-8-12(9-11)19(14,17)18/h5,7-10H,3-4,6H2,1-2H3,(H,15,16). The highest BCUT2D eigenvalue weighted by molar-refractivity contribution is 8.13. The van der Waals surface area contributed by atoms with Gasteiger partial charge in [0.25, 0.3) is 15.0 Å². The van der Waals surface area contributed by atoms with Crippen molar-refractivity contribution in [2.45, 2.75) is 44.0 Å². The SMILES string of the molecule is CCCCC(C)NC(=O)c1cccc(S(=O)(=O)Cl)c1. The predicted molar refractivity (Wildman–Crippen MR) is 75.9 cm³/mol. The van der Waals surface area contributed by atoms with Crippen LogP contribution >= 0.6 is 10.7 Å². The fraction of sp³-hybridized carbons (Fsp3) is 0.462. The number of rotatable bonds is 6. The summed E-state index contributed by atoms with van der Waals surface area (Å²) in [6, 6.07) is 5.77. The van der Waals surface area contributed by atoms with Gasteiger partial charge < -0.3 is 5.32 Å². The molecule has 0 aliphatic rings. The molecule has 1 aromatic carbocycles. The first-order chi connectivity index (χ1) is 8.84. The molecule has 0 aliphatic heterocycles. The minimum absolute atomic E-state index is 0.0590. The molecule has 0 saturated carbocycles. The minimum atomic E-state index is -3.81. The number of carbonyl (C=O) groups excluding carboxylic acids is 1. The van der Waals surface area contributed by atoms with Crippen LogP contribution in [0.1, 0.15) is 43.5 Å². The van der Waals surface area contributed by atoms with Crippen LogP contribution < -0.4 is 5.32 Å². The Hall–Kier alpha value is -1.07. The lowest BCUT2D eigenvalue weighted by molar-refractivity contribution is 0.0938. The van der Waals surface area contributed by atoms with E-state index in [1.165, 1.54) is 18.2 Å². The second-order valence-electron chi connectivity index (χ2n) is 4.48. The molecule has 0 saturated heterocycles. The average molecular weight is 304 g/mol. The smallest absolute Gasteiger partial charge is 0.261 e. The Morgan fingerprint density at radius 2 is 2.11 bits per heavy atom. The number of benzene rings is 1. The van der Waals surface area contributed by atoms with E-state index in [9.17, 15) is 13.2 Å². The molecule has 1 aromatic rings. The van der Waals surface area contributed by atoms with E-state index in [0.717, 1.165) is 19.3 Å². The summed E-state index contributed by atoms with van der Waals surface area (Å²) in [4.78, 5) is 11.9. The Morgan fingerprint density at radius 3 is 2.68 bits per heavy atom. The molecule has 0 bridgehead atoms. The van der Waals surface area contributed by atoms with Gasteiger partial charge in [-0.2, -0.15) is 0 Å². The zero-order valence-electron chi connectivity index (χ0n) is 11.0. The van der Waals surface area contributed by atoms with Gasteiger partial charge in [-0.25, -0.2) is 8.42 Å². The number of nitrogens with one attached hydrogen (secondary N) is 1. The van der Waals surface area contributed by atoms with Gasteiger partial charge >= 0.3 is 0 Å². The maximum absolute atomic E-state index is 11.9. The Kier molecular flexibility index (Phi) is 5.82. The highest BCUT2D eigenvalue weighted by Gasteiger charge is 2.14. The summed E-state index contributed by atoms with van der Waals surface area (Å²) in [5.41, 5.74) is 0.296. The van der Waals surface area contributed by atoms with E-state index >= 15 is 0 Å². The summed E-state index contributed by atoms with van der Waals surface area (Å²) in [6.07, 6.45) is 3.01. The van der Waals surface area contributed by atoms with Crippen LogP contribution in [0.25, 0.3) is 0 Å². The third kappa shape index (κ3) is 5.20. The van der Waals surface area contributed by atoms with Gasteiger partial charge in [0.05, 0.1) is 4.90 Å². The van der Waals surface area contributed by atoms with Gasteiger partial charge in [0.15, 0.2) is 0 Å². The number of amides is 1. The van der Waals surface area contributed by atoms with Crippen molar-refractivity contribution in [3.8, 4) is 0 Å². The molecule has 1 unspecified atom stereocenters. The van der Waals surface area contributed by atoms with E-state index in [0.29, 0.717) is 5.56 Å². The monoisotopic (exact) mass is 303 g/mol. The largest absolute Gasteiger partial charge is 0.350 e. The highest BCUT2D eigenvalue weighted by atomic mass is 35.7. The quantitative estimate of drug-likeness (QED) is 0.822. The third-order valence-corrected chi connectivity index (χ3v) is 4.10. The molecule has 0 spiro atoms. The van der Waals surface area contributed by atoms with E-state index < -0.39 is 9.05 Å². The molecule has 0 heterocycles. The number of unbranched alkanes of at least 4 members (excludes halogenated alkanes) is 1. The lowest BCUT2D eigenvalue weighted by Crippen LogP contribution is -2.32. The van der Waals surface area contributed by atoms with Crippen molar-refractivity contribution in [3.63, 3.8) is 0 Å². The van der Waals surface area contributed by atoms with E-state index in [1.54, 1.807) is 6.07 Å². The van der Waals surface area contributed by atoms with Crippen molar-refractivity contribution < 1.29 is 13.2 Å². The Labute approximate surface area is 118 Å². The lowest BCUT2D eigenvalue weighted by atomic mass is 10.1. The predicted octanol–water partition coefficient (Wildman–Crippen LogP) is 2.92. The minimum Gasteiger partial charge on any atom is -0.350 e. The van der Waals surface area contributed by atoms with Crippen LogP contribution in [-0.2, 0) is 9.05 Å². The van der Waals surface area contributed by atoms with Crippen molar-refractivity contribution in [3.05, 3.63) is 29.8 Å². The molecule has 0 fully saturated rings. The number of hydrogen-bond acceptors (Lipinski definition) is 3. The molecule has 4 nitrogen and oxygen atoms in total. The van der Waals surface area contributed by atoms with Crippen molar-refractivity contribution >= 4 is 25.6 Å². The molecule has 0 aliphatic carbocycles. The van der Waals surface area contributed by atoms with Gasteiger partial charge in [0.1, 0.15) is 0 Å². The van der Waals surface area contributed by atoms with Crippen molar-refractivity contribution in [2.75, 3.05) is 0 Å². The molecule has 1 N–H and O–H groups in total. The Bertz CT molecular complexity index is 543. The van der Waals surface area contributed by atoms with Crippen molar-refractivity contribution in [1.82, 2.24) is 5.32 Å². The molecule has 6 heteroatoms. The van der Waals surface area contributed by atoms with Crippen LogP contribution in [0.15, 0.2) is 29.2 Å². The molecule has 19 heavy (non-hydrogen) atoms. The lowest BCUT2D eigenvalue weighted by Gasteiger charge is -2.13. The Morgan fingerprint density at radius 1 is 1.42 bits per heavy atom. The summed E-state index contributed by atoms with van der Waals surface area (Å²) in [5, 5.41) is 2.83. The first kappa shape index (κ1) is 16.0. The molecular formula is C13H18ClNO3S. The molecule has 1 atom stereocenters. The highest BCUT2D eigenvalue weighted by Crippen LogP contribution is 2.16. The maximum atomic E-state index is 11.9. The van der Waals surface area contributed by atoms with Crippen molar-refractivity contribution in [2.24, 2.45) is 0 Å². The summed E-state index contributed by atoms with van der Waals surface area (Å²) in [7, 11) is 1.44. The maximum Gasteiger partial charge on any atom is 0.261 e. The van der Waals surface area contributed by atoms with E-state index in [4.69, 9.17) is 10.7 Å². The Balaban J connectivity index is 2.78. The van der Waals surface area contributed by atoms with E-state index in [2.05, 4.69) is 12.2 Å². The van der Waals surface area contributed by atoms with Gasteiger partial charge in [0, 0.05) is 22.3 Å². The third-order valence-electron chi connectivity index (χ3n) is 2.75. The van der Waals surface area contributed by atoms with Gasteiger partial charge in [-0.1, -0.05) is 25.8 Å². The molecule has 0 radical (unpaired) electrons. The van der Waals surface area contributed by atoms with Gasteiger partial charge in [0.2, 0.25) is 0 Å². The summed E-state index contributed by atoms with van der Waals surface area (Å²) in [5.74, 6) is -0.286. The molecule has 0 aromatic heterocycles. The fourth-order valence-corrected chi connectivity index (χ4v) is 2.48. The van der Waals surface area contributed by atoms with Gasteiger partial charge in [-0.3, -0.25) is 4.79 Å². The van der Waals surface area contributed by atoms with E-state index in [-0.39, 0.29) is 16.8 Å². The average Bonchev–Trinajstić information content (AvgIpc) is 2.35. The summed E-state index contributed by atoms with van der Waals surface area (Å²) >= 11 is 0. The van der Waals surface area contributed by atoms with Crippen molar-refractivity contribution in [1.29, 1.82) is 0 Å². The van der Waals surface area contributed by atoms with Crippen LogP contribution in [0.5, 0.6) is 0 Å². The first-order valence-corrected chi connectivity index (χ1v) is 8.51. The van der Waals surface area contributed by atoms with Crippen LogP contribution in [-0.4, -0.2) is 20.4 Å². The second-order valence-corrected chi connectivity index (χ2v) is 7.05. The summed E-state index contributed by atoms with van der Waals surface area (Å²) in [6.45, 7) is 4.01. The van der Waals surface area contributed by atoms with Crippen LogP contribution in [0.4, 0.5) is 0 Å². The number of halogens is 1. The van der Waals surface area contributed by atoms with Gasteiger partial charge in [-0.05, 0) is 31.5 Å².